The minimum Gasteiger partial charge on any atom is -0.322 e. The van der Waals surface area contributed by atoms with Crippen LogP contribution in [0.2, 0.25) is 0 Å². The topological polar surface area (TPSA) is 43.8 Å². The van der Waals surface area contributed by atoms with Gasteiger partial charge in [-0.25, -0.2) is 0 Å². The molecular formula is C18H27N3. The summed E-state index contributed by atoms with van der Waals surface area (Å²) in [7, 11) is 0. The monoisotopic (exact) mass is 285 g/mol. The molecule has 0 saturated carbocycles. The molecule has 1 aromatic carbocycles. The highest BCUT2D eigenvalue weighted by molar-refractivity contribution is 5.26. The molecule has 1 aromatic heterocycles. The van der Waals surface area contributed by atoms with Crippen LogP contribution in [0.3, 0.4) is 0 Å². The quantitative estimate of drug-likeness (QED) is 0.876. The van der Waals surface area contributed by atoms with Crippen molar-refractivity contribution in [3.8, 4) is 0 Å². The lowest BCUT2D eigenvalue weighted by atomic mass is 9.98. The van der Waals surface area contributed by atoms with E-state index in [1.165, 1.54) is 11.1 Å². The third kappa shape index (κ3) is 3.73. The zero-order valence-corrected chi connectivity index (χ0v) is 13.6. The maximum atomic E-state index is 6.41. The third-order valence-electron chi connectivity index (χ3n) is 4.01. The van der Waals surface area contributed by atoms with Crippen molar-refractivity contribution >= 4 is 0 Å². The van der Waals surface area contributed by atoms with Gasteiger partial charge in [0.25, 0.3) is 0 Å². The number of benzene rings is 1. The summed E-state index contributed by atoms with van der Waals surface area (Å²) in [6, 6.07) is 11.0. The Labute approximate surface area is 128 Å². The third-order valence-corrected chi connectivity index (χ3v) is 4.01. The van der Waals surface area contributed by atoms with Crippen LogP contribution in [0.15, 0.2) is 30.3 Å². The van der Waals surface area contributed by atoms with Gasteiger partial charge in [0.2, 0.25) is 0 Å². The Bertz CT molecular complexity index is 567. The van der Waals surface area contributed by atoms with E-state index in [9.17, 15) is 0 Å². The molecule has 2 rings (SSSR count). The molecule has 21 heavy (non-hydrogen) atoms. The van der Waals surface area contributed by atoms with Gasteiger partial charge >= 0.3 is 0 Å². The molecular weight excluding hydrogens is 258 g/mol. The van der Waals surface area contributed by atoms with Crippen molar-refractivity contribution in [2.24, 2.45) is 5.73 Å². The molecule has 2 aromatic rings. The lowest BCUT2D eigenvalue weighted by Crippen LogP contribution is -2.18. The number of rotatable bonds is 6. The van der Waals surface area contributed by atoms with E-state index in [4.69, 9.17) is 5.73 Å². The molecule has 0 fully saturated rings. The van der Waals surface area contributed by atoms with E-state index in [1.54, 1.807) is 0 Å². The fraction of sp³-hybridized carbons (Fsp3) is 0.500. The van der Waals surface area contributed by atoms with Gasteiger partial charge in [0.05, 0.1) is 17.4 Å². The first kappa shape index (κ1) is 15.8. The fourth-order valence-electron chi connectivity index (χ4n) is 2.61. The van der Waals surface area contributed by atoms with E-state index < -0.39 is 0 Å². The van der Waals surface area contributed by atoms with E-state index >= 15 is 0 Å². The van der Waals surface area contributed by atoms with Crippen LogP contribution in [0.5, 0.6) is 0 Å². The minimum absolute atomic E-state index is 0.00245. The van der Waals surface area contributed by atoms with Crippen LogP contribution in [0.25, 0.3) is 0 Å². The van der Waals surface area contributed by atoms with Crippen molar-refractivity contribution in [3.05, 3.63) is 52.8 Å². The number of hydrogen-bond acceptors (Lipinski definition) is 2. The van der Waals surface area contributed by atoms with Gasteiger partial charge in [-0.1, -0.05) is 45.0 Å². The average Bonchev–Trinajstić information content (AvgIpc) is 2.91. The van der Waals surface area contributed by atoms with Gasteiger partial charge < -0.3 is 5.73 Å². The van der Waals surface area contributed by atoms with Crippen molar-refractivity contribution in [2.45, 2.75) is 59.0 Å². The summed E-state index contributed by atoms with van der Waals surface area (Å²) in [6.45, 7) is 9.54. The van der Waals surface area contributed by atoms with Crippen LogP contribution in [0, 0.1) is 0 Å². The SMILES string of the molecule is CCc1cc(C(N)Cc2ccc(C(C)C)cc2)n(CC)n1. The summed E-state index contributed by atoms with van der Waals surface area (Å²) < 4.78 is 2.03. The second kappa shape index (κ2) is 6.90. The molecule has 0 aliphatic rings. The fourth-order valence-corrected chi connectivity index (χ4v) is 2.61. The first-order valence-corrected chi connectivity index (χ1v) is 7.96. The van der Waals surface area contributed by atoms with Crippen LogP contribution in [0.1, 0.15) is 62.2 Å². The van der Waals surface area contributed by atoms with Crippen molar-refractivity contribution in [1.29, 1.82) is 0 Å². The zero-order chi connectivity index (χ0) is 15.4. The van der Waals surface area contributed by atoms with Crippen molar-refractivity contribution < 1.29 is 0 Å². The molecule has 1 atom stereocenters. The number of hydrogen-bond donors (Lipinski definition) is 1. The van der Waals surface area contributed by atoms with Gasteiger partial charge in [0.1, 0.15) is 0 Å². The van der Waals surface area contributed by atoms with E-state index in [-0.39, 0.29) is 6.04 Å². The highest BCUT2D eigenvalue weighted by Gasteiger charge is 2.14. The second-order valence-corrected chi connectivity index (χ2v) is 5.94. The standard InChI is InChI=1S/C18H27N3/c1-5-16-12-18(21(6-2)20-16)17(19)11-14-7-9-15(10-8-14)13(3)4/h7-10,12-13,17H,5-6,11,19H2,1-4H3. The molecule has 0 spiro atoms. The predicted octanol–water partition coefficient (Wildman–Crippen LogP) is 3.83. The number of nitrogens with zero attached hydrogens (tertiary/aromatic N) is 2. The van der Waals surface area contributed by atoms with E-state index in [1.807, 2.05) is 4.68 Å². The number of aryl methyl sites for hydroxylation is 2. The molecule has 0 aliphatic heterocycles. The highest BCUT2D eigenvalue weighted by atomic mass is 15.3. The summed E-state index contributed by atoms with van der Waals surface area (Å²) in [5, 5.41) is 4.58. The first-order valence-electron chi connectivity index (χ1n) is 7.96. The molecule has 3 heteroatoms. The molecule has 114 valence electrons. The molecule has 1 heterocycles. The average molecular weight is 285 g/mol. The molecule has 0 radical (unpaired) electrons. The molecule has 0 bridgehead atoms. The number of nitrogens with two attached hydrogens (primary N) is 1. The summed E-state index contributed by atoms with van der Waals surface area (Å²) in [5.41, 5.74) is 11.3. The van der Waals surface area contributed by atoms with Gasteiger partial charge in [0, 0.05) is 6.54 Å². The van der Waals surface area contributed by atoms with Crippen LogP contribution >= 0.6 is 0 Å². The molecule has 0 amide bonds. The van der Waals surface area contributed by atoms with Gasteiger partial charge in [-0.15, -0.1) is 0 Å². The van der Waals surface area contributed by atoms with Crippen LogP contribution in [-0.2, 0) is 19.4 Å². The second-order valence-electron chi connectivity index (χ2n) is 5.94. The normalized spacial score (nSPS) is 12.9. The Morgan fingerprint density at radius 2 is 1.81 bits per heavy atom. The van der Waals surface area contributed by atoms with Gasteiger partial charge in [-0.05, 0) is 42.9 Å². The largest absolute Gasteiger partial charge is 0.322 e. The summed E-state index contributed by atoms with van der Waals surface area (Å²) in [5.74, 6) is 0.571. The number of aromatic nitrogens is 2. The molecule has 2 N–H and O–H groups in total. The maximum absolute atomic E-state index is 6.41. The van der Waals surface area contributed by atoms with Crippen molar-refractivity contribution in [1.82, 2.24) is 9.78 Å². The molecule has 0 aliphatic carbocycles. The van der Waals surface area contributed by atoms with Crippen molar-refractivity contribution in [3.63, 3.8) is 0 Å². The van der Waals surface area contributed by atoms with E-state index in [0.29, 0.717) is 5.92 Å². The van der Waals surface area contributed by atoms with E-state index in [2.05, 4.69) is 63.1 Å². The van der Waals surface area contributed by atoms with E-state index in [0.717, 1.165) is 30.8 Å². The lowest BCUT2D eigenvalue weighted by molar-refractivity contribution is 0.565. The van der Waals surface area contributed by atoms with Gasteiger partial charge in [0.15, 0.2) is 0 Å². The van der Waals surface area contributed by atoms with Crippen LogP contribution in [-0.4, -0.2) is 9.78 Å². The lowest BCUT2D eigenvalue weighted by Gasteiger charge is -2.14. The highest BCUT2D eigenvalue weighted by Crippen LogP contribution is 2.20. The minimum atomic E-state index is 0.00245. The Hall–Kier alpha value is -1.61. The van der Waals surface area contributed by atoms with Gasteiger partial charge in [-0.3, -0.25) is 4.68 Å². The van der Waals surface area contributed by atoms with Crippen molar-refractivity contribution in [2.75, 3.05) is 0 Å². The Morgan fingerprint density at radius 1 is 1.14 bits per heavy atom. The molecule has 0 saturated heterocycles. The Morgan fingerprint density at radius 3 is 2.33 bits per heavy atom. The predicted molar refractivity (Wildman–Crippen MR) is 88.4 cm³/mol. The smallest absolute Gasteiger partial charge is 0.0625 e. The molecule has 3 nitrogen and oxygen atoms in total. The molecule has 1 unspecified atom stereocenters. The zero-order valence-electron chi connectivity index (χ0n) is 13.6. The summed E-state index contributed by atoms with van der Waals surface area (Å²) >= 11 is 0. The first-order chi connectivity index (χ1) is 10.0. The Balaban J connectivity index is 2.13. The maximum Gasteiger partial charge on any atom is 0.0625 e. The van der Waals surface area contributed by atoms with Crippen LogP contribution < -0.4 is 5.73 Å². The summed E-state index contributed by atoms with van der Waals surface area (Å²) in [4.78, 5) is 0. The Kier molecular flexibility index (Phi) is 5.18. The van der Waals surface area contributed by atoms with Crippen LogP contribution in [0.4, 0.5) is 0 Å². The van der Waals surface area contributed by atoms with Gasteiger partial charge in [-0.2, -0.15) is 5.10 Å². The summed E-state index contributed by atoms with van der Waals surface area (Å²) in [6.07, 6.45) is 1.81.